The van der Waals surface area contributed by atoms with Crippen LogP contribution in [0.1, 0.15) is 38.4 Å². The van der Waals surface area contributed by atoms with E-state index in [0.29, 0.717) is 29.2 Å². The summed E-state index contributed by atoms with van der Waals surface area (Å²) in [6.07, 6.45) is 1.10. The second-order valence-electron chi connectivity index (χ2n) is 7.40. The van der Waals surface area contributed by atoms with E-state index in [1.54, 1.807) is 4.68 Å². The molecule has 2 heterocycles. The van der Waals surface area contributed by atoms with E-state index in [2.05, 4.69) is 15.9 Å². The Morgan fingerprint density at radius 3 is 2.65 bits per heavy atom. The summed E-state index contributed by atoms with van der Waals surface area (Å²) >= 11 is 5.32. The first kappa shape index (κ1) is 16.7. The van der Waals surface area contributed by atoms with Crippen LogP contribution in [0.3, 0.4) is 0 Å². The van der Waals surface area contributed by atoms with Gasteiger partial charge in [0, 0.05) is 29.8 Å². The molecule has 0 saturated heterocycles. The second-order valence-corrected chi connectivity index (χ2v) is 7.81. The number of carbonyl (C=O) groups is 1. The fourth-order valence-corrected chi connectivity index (χ4v) is 3.90. The highest BCUT2D eigenvalue weighted by Gasteiger charge is 2.45. The van der Waals surface area contributed by atoms with Crippen molar-refractivity contribution in [3.8, 4) is 5.69 Å². The number of carbonyl (C=O) groups excluding carboxylic acids is 1. The zero-order valence-electron chi connectivity index (χ0n) is 14.5. The van der Waals surface area contributed by atoms with Gasteiger partial charge in [-0.15, -0.1) is 0 Å². The van der Waals surface area contributed by atoms with Gasteiger partial charge in [-0.05, 0) is 34.0 Å². The highest BCUT2D eigenvalue weighted by molar-refractivity contribution is 7.80. The molecule has 134 valence electrons. The molecule has 0 radical (unpaired) electrons. The highest BCUT2D eigenvalue weighted by Crippen LogP contribution is 2.40. The van der Waals surface area contributed by atoms with Gasteiger partial charge in [0.05, 0.1) is 0 Å². The van der Waals surface area contributed by atoms with E-state index in [9.17, 15) is 9.59 Å². The molecule has 1 aromatic carbocycles. The van der Waals surface area contributed by atoms with Gasteiger partial charge in [-0.25, -0.2) is 4.79 Å². The third-order valence-electron chi connectivity index (χ3n) is 4.72. The largest absolute Gasteiger partial charge is 0.433 e. The van der Waals surface area contributed by atoms with Crippen LogP contribution in [0.4, 0.5) is 0 Å². The molecule has 2 aromatic rings. The number of nitrogens with one attached hydrogen (secondary N) is 3. The number of hydrogen-bond donors (Lipinski definition) is 3. The molecule has 0 fully saturated rings. The maximum absolute atomic E-state index is 12.9. The van der Waals surface area contributed by atoms with Gasteiger partial charge in [-0.2, -0.15) is 0 Å². The number of hydrogen-bond acceptors (Lipinski definition) is 4. The first-order valence-electron chi connectivity index (χ1n) is 8.38. The molecule has 3 N–H and O–H groups in total. The van der Waals surface area contributed by atoms with Gasteiger partial charge in [0.1, 0.15) is 0 Å². The Kier molecular flexibility index (Phi) is 3.80. The average molecular weight is 371 g/mol. The number of para-hydroxylation sites is 1. The lowest BCUT2D eigenvalue weighted by atomic mass is 9.73. The minimum Gasteiger partial charge on any atom is -0.346 e. The molecule has 0 saturated carbocycles. The molecular weight excluding hydrogens is 352 g/mol. The van der Waals surface area contributed by atoms with Gasteiger partial charge >= 0.3 is 11.3 Å². The lowest BCUT2D eigenvalue weighted by Gasteiger charge is -2.37. The van der Waals surface area contributed by atoms with Gasteiger partial charge in [0.25, 0.3) is 0 Å². The van der Waals surface area contributed by atoms with Gasteiger partial charge in [-0.1, -0.05) is 32.0 Å². The van der Waals surface area contributed by atoms with E-state index < -0.39 is 11.7 Å². The Morgan fingerprint density at radius 1 is 1.19 bits per heavy atom. The minimum absolute atomic E-state index is 0.00367. The predicted molar refractivity (Wildman–Crippen MR) is 97.5 cm³/mol. The summed E-state index contributed by atoms with van der Waals surface area (Å²) in [5, 5.41) is 9.18. The minimum atomic E-state index is -0.662. The number of benzene rings is 1. The van der Waals surface area contributed by atoms with Crippen LogP contribution in [0.15, 0.2) is 50.9 Å². The van der Waals surface area contributed by atoms with Crippen molar-refractivity contribution in [3.63, 3.8) is 0 Å². The molecule has 26 heavy (non-hydrogen) atoms. The van der Waals surface area contributed by atoms with Crippen LogP contribution in [0.2, 0.25) is 0 Å². The van der Waals surface area contributed by atoms with Gasteiger partial charge < -0.3 is 10.6 Å². The number of ketones is 1. The number of thiocarbonyl (C=S) groups is 1. The summed E-state index contributed by atoms with van der Waals surface area (Å²) in [6, 6.07) is 8.62. The van der Waals surface area contributed by atoms with Crippen LogP contribution >= 0.6 is 12.2 Å². The summed E-state index contributed by atoms with van der Waals surface area (Å²) in [4.78, 5) is 25.4. The van der Waals surface area contributed by atoms with Crippen LogP contribution in [0.5, 0.6) is 0 Å². The normalized spacial score (nSPS) is 21.8. The number of nitrogens with zero attached hydrogens (tertiary/aromatic N) is 1. The summed E-state index contributed by atoms with van der Waals surface area (Å²) in [5.41, 5.74) is 1.65. The lowest BCUT2D eigenvalue weighted by molar-refractivity contribution is -0.678. The van der Waals surface area contributed by atoms with Crippen molar-refractivity contribution in [3.05, 3.63) is 57.7 Å². The van der Waals surface area contributed by atoms with E-state index in [1.807, 2.05) is 44.2 Å². The SMILES string of the molecule is CC1(C)CC(=O)C2=C(C1)NC(=S)NC2c1c(=O)o[nH][n+]1-c1ccccc1. The molecule has 4 rings (SSSR count). The maximum Gasteiger partial charge on any atom is 0.433 e. The number of aromatic amines is 1. The fourth-order valence-electron chi connectivity index (χ4n) is 3.66. The van der Waals surface area contributed by atoms with Crippen molar-refractivity contribution in [1.82, 2.24) is 15.9 Å². The maximum atomic E-state index is 12.9. The monoisotopic (exact) mass is 371 g/mol. The number of allylic oxidation sites excluding steroid dienone is 1. The number of rotatable bonds is 2. The zero-order chi connectivity index (χ0) is 18.5. The molecular formula is C18H19N4O3S+. The molecule has 1 aromatic heterocycles. The van der Waals surface area contributed by atoms with Crippen molar-refractivity contribution in [2.45, 2.75) is 32.7 Å². The van der Waals surface area contributed by atoms with Crippen LogP contribution in [-0.4, -0.2) is 16.2 Å². The standard InChI is InChI=1S/C18H18N4O3S/c1-18(2)8-11-13(12(23)9-18)14(20-17(26)19-11)15-16(24)25-21-22(15)10-6-4-3-5-7-10/h3-7,14H,8-9H2,1-2H3,(H2-,19,20,21,23,24,26)/p+1. The van der Waals surface area contributed by atoms with Gasteiger partial charge in [0.2, 0.25) is 5.69 Å². The van der Waals surface area contributed by atoms with Crippen LogP contribution < -0.4 is 20.9 Å². The number of H-pyrrole nitrogens is 1. The Morgan fingerprint density at radius 2 is 1.92 bits per heavy atom. The lowest BCUT2D eigenvalue weighted by Crippen LogP contribution is -2.53. The molecule has 0 bridgehead atoms. The van der Waals surface area contributed by atoms with Crippen molar-refractivity contribution in [2.75, 3.05) is 0 Å². The van der Waals surface area contributed by atoms with Gasteiger partial charge in [0.15, 0.2) is 16.9 Å². The summed E-state index contributed by atoms with van der Waals surface area (Å²) in [5.74, 6) is 0.00367. The van der Waals surface area contributed by atoms with E-state index in [-0.39, 0.29) is 11.2 Å². The molecule has 1 aliphatic carbocycles. The first-order chi connectivity index (χ1) is 12.4. The third-order valence-corrected chi connectivity index (χ3v) is 4.94. The summed E-state index contributed by atoms with van der Waals surface area (Å²) in [7, 11) is 0. The Labute approximate surface area is 155 Å². The van der Waals surface area contributed by atoms with E-state index in [1.165, 1.54) is 0 Å². The Hall–Kier alpha value is -2.74. The van der Waals surface area contributed by atoms with Crippen molar-refractivity contribution >= 4 is 23.1 Å². The smallest absolute Gasteiger partial charge is 0.346 e. The molecule has 1 unspecified atom stereocenters. The van der Waals surface area contributed by atoms with E-state index in [4.69, 9.17) is 16.7 Å². The summed E-state index contributed by atoms with van der Waals surface area (Å²) in [6.45, 7) is 4.09. The van der Waals surface area contributed by atoms with Crippen LogP contribution in [0, 0.1) is 5.41 Å². The molecule has 1 atom stereocenters. The van der Waals surface area contributed by atoms with Crippen molar-refractivity contribution < 1.29 is 14.0 Å². The Balaban J connectivity index is 1.88. The molecule has 8 heteroatoms. The topological polar surface area (TPSA) is 91.0 Å². The van der Waals surface area contributed by atoms with E-state index in [0.717, 1.165) is 11.4 Å². The third kappa shape index (κ3) is 2.76. The van der Waals surface area contributed by atoms with Crippen LogP contribution in [0.25, 0.3) is 5.69 Å². The quantitative estimate of drug-likeness (QED) is 0.546. The molecule has 0 spiro atoms. The predicted octanol–water partition coefficient (Wildman–Crippen LogP) is 1.41. The van der Waals surface area contributed by atoms with Crippen molar-refractivity contribution in [2.24, 2.45) is 5.41 Å². The van der Waals surface area contributed by atoms with Crippen molar-refractivity contribution in [1.29, 1.82) is 0 Å². The number of Topliss-reactive ketones (excluding diaryl/α,β-unsaturated/α-hetero) is 1. The zero-order valence-corrected chi connectivity index (χ0v) is 15.3. The summed E-state index contributed by atoms with van der Waals surface area (Å²) < 4.78 is 6.59. The molecule has 0 amide bonds. The average Bonchev–Trinajstić information content (AvgIpc) is 2.94. The molecule has 2 aliphatic rings. The fraction of sp³-hybridized carbons (Fsp3) is 0.333. The first-order valence-corrected chi connectivity index (χ1v) is 8.79. The van der Waals surface area contributed by atoms with E-state index >= 15 is 0 Å². The Bertz CT molecular complexity index is 987. The highest BCUT2D eigenvalue weighted by atomic mass is 32.1. The second kappa shape index (κ2) is 5.91. The van der Waals surface area contributed by atoms with Gasteiger partial charge in [-0.3, -0.25) is 9.32 Å². The molecule has 7 nitrogen and oxygen atoms in total. The molecule has 1 aliphatic heterocycles. The number of aromatic nitrogens is 2. The van der Waals surface area contributed by atoms with Crippen LogP contribution in [-0.2, 0) is 4.79 Å².